The van der Waals surface area contributed by atoms with E-state index in [1.807, 2.05) is 0 Å². The van der Waals surface area contributed by atoms with Crippen LogP contribution in [0.4, 0.5) is 0 Å². The normalized spacial score (nSPS) is 13.2. The minimum Gasteiger partial charge on any atom is -0.462 e. The van der Waals surface area contributed by atoms with Gasteiger partial charge >= 0.3 is 19.8 Å². The average Bonchev–Trinajstić information content (AvgIpc) is 3.04. The van der Waals surface area contributed by atoms with E-state index in [1.54, 1.807) is 0 Å². The number of carbonyl (C=O) groups excluding carboxylic acids is 2. The predicted octanol–water partition coefficient (Wildman–Crippen LogP) is 10.6. The first kappa shape index (κ1) is 44.8. The highest BCUT2D eigenvalue weighted by Crippen LogP contribution is 2.35. The zero-order chi connectivity index (χ0) is 34.7. The first-order valence-corrected chi connectivity index (χ1v) is 19.6. The minimum absolute atomic E-state index is 0.191. The van der Waals surface area contributed by atoms with Crippen molar-refractivity contribution in [2.45, 2.75) is 155 Å². The molecule has 0 aliphatic heterocycles. The van der Waals surface area contributed by atoms with Gasteiger partial charge in [0.05, 0.1) is 6.61 Å². The van der Waals surface area contributed by atoms with Crippen LogP contribution in [0, 0.1) is 0 Å². The maximum Gasteiger partial charge on any atom is 0.469 e. The Hall–Kier alpha value is -2.25. The molecule has 0 aliphatic rings. The third-order valence-corrected chi connectivity index (χ3v) is 7.73. The quantitative estimate of drug-likeness (QED) is 0.0312. The Morgan fingerprint density at radius 3 is 1.55 bits per heavy atom. The van der Waals surface area contributed by atoms with Crippen LogP contribution in [-0.2, 0) is 28.2 Å². The lowest BCUT2D eigenvalue weighted by Gasteiger charge is -2.18. The summed E-state index contributed by atoms with van der Waals surface area (Å²) in [5.41, 5.74) is 0. The Labute approximate surface area is 286 Å². The van der Waals surface area contributed by atoms with Gasteiger partial charge in [0.25, 0.3) is 0 Å². The molecule has 8 nitrogen and oxygen atoms in total. The molecule has 0 aromatic heterocycles. The van der Waals surface area contributed by atoms with Gasteiger partial charge in [-0.05, 0) is 77.0 Å². The molecule has 47 heavy (non-hydrogen) atoms. The lowest BCUT2D eigenvalue weighted by molar-refractivity contribution is -0.161. The molecule has 0 spiro atoms. The first-order chi connectivity index (χ1) is 22.8. The van der Waals surface area contributed by atoms with Crippen molar-refractivity contribution in [2.75, 3.05) is 13.2 Å². The molecule has 0 unspecified atom stereocenters. The molecular weight excluding hydrogens is 615 g/mol. The number of phosphoric acid groups is 1. The highest BCUT2D eigenvalue weighted by molar-refractivity contribution is 7.46. The second-order valence-electron chi connectivity index (χ2n) is 11.8. The fourth-order valence-electron chi connectivity index (χ4n) is 4.53. The summed E-state index contributed by atoms with van der Waals surface area (Å²) in [6.07, 6.45) is 40.8. The number of ether oxygens (including phenoxy) is 2. The van der Waals surface area contributed by atoms with Crippen molar-refractivity contribution in [3.8, 4) is 0 Å². The average molecular weight is 681 g/mol. The summed E-state index contributed by atoms with van der Waals surface area (Å²) in [5.74, 6) is -0.939. The van der Waals surface area contributed by atoms with Crippen LogP contribution in [0.1, 0.15) is 149 Å². The summed E-state index contributed by atoms with van der Waals surface area (Å²) >= 11 is 0. The molecule has 0 heterocycles. The highest BCUT2D eigenvalue weighted by atomic mass is 31.2. The Morgan fingerprint density at radius 2 is 1.00 bits per heavy atom. The van der Waals surface area contributed by atoms with E-state index in [9.17, 15) is 14.2 Å². The van der Waals surface area contributed by atoms with Crippen LogP contribution in [0.5, 0.6) is 0 Å². The van der Waals surface area contributed by atoms with Crippen LogP contribution in [0.15, 0.2) is 60.8 Å². The number of carbonyl (C=O) groups is 2. The van der Waals surface area contributed by atoms with E-state index in [-0.39, 0.29) is 19.4 Å². The van der Waals surface area contributed by atoms with Crippen molar-refractivity contribution in [1.29, 1.82) is 0 Å². The van der Waals surface area contributed by atoms with E-state index in [1.165, 1.54) is 25.7 Å². The zero-order valence-corrected chi connectivity index (χ0v) is 30.3. The standard InChI is InChI=1S/C38H65O8P/c1-3-5-7-9-11-13-15-17-18-19-20-21-23-24-26-28-30-32-37(39)44-34-36(35-45-47(41,42)43)46-38(40)33-31-29-27-25-22-16-14-12-10-8-6-4-2/h7,9,12-15,18-19,21,23,36H,3-6,8,10-11,16-17,20,22,24-35H2,1-2H3,(H2,41,42,43)/b9-7+,14-12+,15-13+,19-18+,23-21+/t36-/m1/s1. The van der Waals surface area contributed by atoms with Gasteiger partial charge < -0.3 is 19.3 Å². The molecule has 1 atom stereocenters. The molecule has 0 fully saturated rings. The highest BCUT2D eigenvalue weighted by Gasteiger charge is 2.22. The van der Waals surface area contributed by atoms with Crippen LogP contribution in [-0.4, -0.2) is 41.0 Å². The molecule has 0 aliphatic carbocycles. The molecule has 0 aromatic rings. The molecule has 0 saturated carbocycles. The monoisotopic (exact) mass is 680 g/mol. The Morgan fingerprint density at radius 1 is 0.553 bits per heavy atom. The maximum absolute atomic E-state index is 12.3. The van der Waals surface area contributed by atoms with E-state index in [2.05, 4.69) is 79.1 Å². The SMILES string of the molecule is CCC/C=C/C/C=C/C/C=C/C/C=C/CCCCCC(=O)OC[C@H](COP(=O)(O)O)OC(=O)CCCCCCC/C=C/CCCCC. The van der Waals surface area contributed by atoms with E-state index in [0.29, 0.717) is 12.8 Å². The number of esters is 2. The van der Waals surface area contributed by atoms with E-state index >= 15 is 0 Å². The number of unbranched alkanes of at least 4 members (excludes halogenated alkanes) is 12. The fourth-order valence-corrected chi connectivity index (χ4v) is 4.89. The number of allylic oxidation sites excluding steroid dienone is 10. The number of hydrogen-bond acceptors (Lipinski definition) is 6. The van der Waals surface area contributed by atoms with Crippen molar-refractivity contribution < 1.29 is 37.9 Å². The summed E-state index contributed by atoms with van der Waals surface area (Å²) in [7, 11) is -4.76. The van der Waals surface area contributed by atoms with Gasteiger partial charge in [0, 0.05) is 12.8 Å². The van der Waals surface area contributed by atoms with E-state index in [4.69, 9.17) is 19.3 Å². The van der Waals surface area contributed by atoms with Gasteiger partial charge in [-0.15, -0.1) is 0 Å². The molecule has 0 aromatic carbocycles. The van der Waals surface area contributed by atoms with Gasteiger partial charge in [0.1, 0.15) is 6.61 Å². The summed E-state index contributed by atoms with van der Waals surface area (Å²) in [6.45, 7) is 3.53. The molecule has 0 saturated heterocycles. The van der Waals surface area contributed by atoms with Crippen LogP contribution in [0.3, 0.4) is 0 Å². The zero-order valence-electron chi connectivity index (χ0n) is 29.4. The van der Waals surface area contributed by atoms with Gasteiger partial charge in [0.2, 0.25) is 0 Å². The molecule has 9 heteroatoms. The summed E-state index contributed by atoms with van der Waals surface area (Å²) in [4.78, 5) is 42.6. The fraction of sp³-hybridized carbons (Fsp3) is 0.684. The Balaban J connectivity index is 4.07. The summed E-state index contributed by atoms with van der Waals surface area (Å²) < 4.78 is 26.2. The van der Waals surface area contributed by atoms with Crippen molar-refractivity contribution >= 4 is 19.8 Å². The topological polar surface area (TPSA) is 119 Å². The van der Waals surface area contributed by atoms with Gasteiger partial charge in [0.15, 0.2) is 6.10 Å². The van der Waals surface area contributed by atoms with Gasteiger partial charge in [-0.3, -0.25) is 14.1 Å². The molecule has 0 rings (SSSR count). The second-order valence-corrected chi connectivity index (χ2v) is 13.1. The van der Waals surface area contributed by atoms with E-state index < -0.39 is 32.5 Å². The van der Waals surface area contributed by atoms with Gasteiger partial charge in [-0.1, -0.05) is 120 Å². The molecule has 0 bridgehead atoms. The minimum atomic E-state index is -4.76. The largest absolute Gasteiger partial charge is 0.469 e. The second kappa shape index (κ2) is 33.6. The smallest absolute Gasteiger partial charge is 0.462 e. The summed E-state index contributed by atoms with van der Waals surface area (Å²) in [6, 6.07) is 0. The lowest BCUT2D eigenvalue weighted by Crippen LogP contribution is -2.29. The predicted molar refractivity (Wildman–Crippen MR) is 193 cm³/mol. The molecule has 0 amide bonds. The number of hydrogen-bond donors (Lipinski definition) is 2. The van der Waals surface area contributed by atoms with Crippen molar-refractivity contribution in [3.05, 3.63) is 60.8 Å². The van der Waals surface area contributed by atoms with Crippen LogP contribution in [0.2, 0.25) is 0 Å². The maximum atomic E-state index is 12.3. The van der Waals surface area contributed by atoms with Gasteiger partial charge in [-0.25, -0.2) is 4.57 Å². The van der Waals surface area contributed by atoms with Crippen LogP contribution in [0.25, 0.3) is 0 Å². The Kier molecular flexibility index (Phi) is 32.0. The lowest BCUT2D eigenvalue weighted by atomic mass is 10.1. The van der Waals surface area contributed by atoms with Crippen molar-refractivity contribution in [3.63, 3.8) is 0 Å². The summed E-state index contributed by atoms with van der Waals surface area (Å²) in [5, 5.41) is 0. The van der Waals surface area contributed by atoms with Crippen molar-refractivity contribution in [2.24, 2.45) is 0 Å². The van der Waals surface area contributed by atoms with Crippen LogP contribution >= 0.6 is 7.82 Å². The molecular formula is C38H65O8P. The molecule has 2 N–H and O–H groups in total. The number of rotatable bonds is 32. The molecule has 0 radical (unpaired) electrons. The third-order valence-electron chi connectivity index (χ3n) is 7.24. The van der Waals surface area contributed by atoms with Gasteiger partial charge in [-0.2, -0.15) is 0 Å². The van der Waals surface area contributed by atoms with Crippen LogP contribution < -0.4 is 0 Å². The van der Waals surface area contributed by atoms with E-state index in [0.717, 1.165) is 83.5 Å². The third kappa shape index (κ3) is 36.4. The van der Waals surface area contributed by atoms with Crippen molar-refractivity contribution in [1.82, 2.24) is 0 Å². The first-order valence-electron chi connectivity index (χ1n) is 18.1. The number of phosphoric ester groups is 1. The Bertz CT molecular complexity index is 947. The molecule has 270 valence electrons.